The average Bonchev–Trinajstić information content (AvgIpc) is 2.42. The van der Waals surface area contributed by atoms with Gasteiger partial charge in [-0.25, -0.2) is 0 Å². The highest BCUT2D eigenvalue weighted by Gasteiger charge is 2.34. The molecular formula is C13H19F3N2O2. The number of nitrogens with one attached hydrogen (secondary N) is 1. The van der Waals surface area contributed by atoms with E-state index >= 15 is 0 Å². The molecule has 0 saturated carbocycles. The van der Waals surface area contributed by atoms with Crippen LogP contribution >= 0.6 is 0 Å². The molecule has 0 aliphatic carbocycles. The maximum absolute atomic E-state index is 12.9. The van der Waals surface area contributed by atoms with Gasteiger partial charge in [-0.15, -0.1) is 0 Å². The Hall–Kier alpha value is -1.15. The molecule has 114 valence electrons. The largest absolute Gasteiger partial charge is 0.416 e. The van der Waals surface area contributed by atoms with Gasteiger partial charge in [-0.3, -0.25) is 11.3 Å². The molecule has 0 amide bonds. The molecule has 0 aromatic heterocycles. The van der Waals surface area contributed by atoms with Crippen molar-refractivity contribution in [2.75, 3.05) is 26.9 Å². The number of benzene rings is 1. The van der Waals surface area contributed by atoms with E-state index in [1.54, 1.807) is 13.2 Å². The molecule has 1 unspecified atom stereocenters. The van der Waals surface area contributed by atoms with E-state index < -0.39 is 17.8 Å². The molecular weight excluding hydrogens is 273 g/mol. The van der Waals surface area contributed by atoms with Crippen molar-refractivity contribution in [3.8, 4) is 0 Å². The van der Waals surface area contributed by atoms with Crippen molar-refractivity contribution in [3.63, 3.8) is 0 Å². The summed E-state index contributed by atoms with van der Waals surface area (Å²) < 4.78 is 48.8. The summed E-state index contributed by atoms with van der Waals surface area (Å²) >= 11 is 0. The van der Waals surface area contributed by atoms with E-state index in [1.165, 1.54) is 12.1 Å². The second kappa shape index (κ2) is 8.21. The molecule has 4 nitrogen and oxygen atoms in total. The van der Waals surface area contributed by atoms with E-state index in [-0.39, 0.29) is 5.56 Å². The molecule has 0 radical (unpaired) electrons. The third kappa shape index (κ3) is 5.09. The Balaban J connectivity index is 2.70. The molecule has 7 heteroatoms. The lowest BCUT2D eigenvalue weighted by Gasteiger charge is -2.21. The lowest BCUT2D eigenvalue weighted by molar-refractivity contribution is -0.138. The zero-order chi connectivity index (χ0) is 15.0. The van der Waals surface area contributed by atoms with Crippen molar-refractivity contribution >= 4 is 0 Å². The van der Waals surface area contributed by atoms with Crippen molar-refractivity contribution in [2.24, 2.45) is 5.84 Å². The van der Waals surface area contributed by atoms with Gasteiger partial charge < -0.3 is 9.47 Å². The van der Waals surface area contributed by atoms with Gasteiger partial charge in [0.2, 0.25) is 0 Å². The topological polar surface area (TPSA) is 56.5 Å². The summed E-state index contributed by atoms with van der Waals surface area (Å²) in [4.78, 5) is 0. The number of hydrogen-bond acceptors (Lipinski definition) is 4. The van der Waals surface area contributed by atoms with Crippen molar-refractivity contribution in [2.45, 2.75) is 18.6 Å². The molecule has 1 aromatic carbocycles. The number of hydrazine groups is 1. The number of nitrogens with two attached hydrogens (primary N) is 1. The zero-order valence-electron chi connectivity index (χ0n) is 11.2. The normalized spacial score (nSPS) is 13.4. The number of methoxy groups -OCH3 is 1. The molecule has 20 heavy (non-hydrogen) atoms. The summed E-state index contributed by atoms with van der Waals surface area (Å²) in [6.45, 7) is 1.14. The van der Waals surface area contributed by atoms with Crippen LogP contribution in [0.5, 0.6) is 0 Å². The van der Waals surface area contributed by atoms with Crippen LogP contribution in [0.15, 0.2) is 24.3 Å². The molecule has 0 aliphatic rings. The van der Waals surface area contributed by atoms with Crippen LogP contribution in [0.1, 0.15) is 23.6 Å². The van der Waals surface area contributed by atoms with Crippen molar-refractivity contribution < 1.29 is 22.6 Å². The third-order valence-electron chi connectivity index (χ3n) is 2.83. The van der Waals surface area contributed by atoms with Crippen molar-refractivity contribution in [1.29, 1.82) is 0 Å². The number of rotatable bonds is 8. The van der Waals surface area contributed by atoms with Crippen LogP contribution in [0, 0.1) is 0 Å². The van der Waals surface area contributed by atoms with E-state index in [4.69, 9.17) is 15.3 Å². The van der Waals surface area contributed by atoms with E-state index in [0.717, 1.165) is 6.07 Å². The van der Waals surface area contributed by atoms with Crippen molar-refractivity contribution in [3.05, 3.63) is 35.4 Å². The first kappa shape index (κ1) is 16.9. The monoisotopic (exact) mass is 292 g/mol. The number of ether oxygens (including phenoxy) is 2. The average molecular weight is 292 g/mol. The molecule has 0 aliphatic heterocycles. The molecule has 1 rings (SSSR count). The Bertz CT molecular complexity index is 399. The summed E-state index contributed by atoms with van der Waals surface area (Å²) in [6.07, 6.45) is -4.06. The SMILES string of the molecule is COCCOCCC(NN)c1ccccc1C(F)(F)F. The Labute approximate surface area is 116 Å². The highest BCUT2D eigenvalue weighted by atomic mass is 19.4. The van der Waals surface area contributed by atoms with Crippen LogP contribution in [0.4, 0.5) is 13.2 Å². The first-order chi connectivity index (χ1) is 9.50. The molecule has 0 heterocycles. The maximum Gasteiger partial charge on any atom is 0.416 e. The standard InChI is InChI=1S/C13H19F3N2O2/c1-19-8-9-20-7-6-12(18-17)10-4-2-3-5-11(10)13(14,15)16/h2-5,12,18H,6-9,17H2,1H3. The van der Waals surface area contributed by atoms with E-state index in [9.17, 15) is 13.2 Å². The summed E-state index contributed by atoms with van der Waals surface area (Å²) in [6, 6.07) is 4.76. The van der Waals surface area contributed by atoms with Gasteiger partial charge in [-0.2, -0.15) is 13.2 Å². The first-order valence-electron chi connectivity index (χ1n) is 6.19. The fraction of sp³-hybridized carbons (Fsp3) is 0.538. The minimum Gasteiger partial charge on any atom is -0.382 e. The van der Waals surface area contributed by atoms with Gasteiger partial charge in [0.05, 0.1) is 18.8 Å². The number of halogens is 3. The zero-order valence-corrected chi connectivity index (χ0v) is 11.2. The highest BCUT2D eigenvalue weighted by molar-refractivity contribution is 5.32. The minimum atomic E-state index is -4.40. The van der Waals surface area contributed by atoms with Gasteiger partial charge in [-0.05, 0) is 18.1 Å². The smallest absolute Gasteiger partial charge is 0.382 e. The summed E-state index contributed by atoms with van der Waals surface area (Å²) in [5.41, 5.74) is 1.85. The predicted octanol–water partition coefficient (Wildman–Crippen LogP) is 2.26. The van der Waals surface area contributed by atoms with Gasteiger partial charge in [0.15, 0.2) is 0 Å². The maximum atomic E-state index is 12.9. The fourth-order valence-electron chi connectivity index (χ4n) is 1.83. The summed E-state index contributed by atoms with van der Waals surface area (Å²) in [5.74, 6) is 5.36. The molecule has 1 aromatic rings. The Morgan fingerprint density at radius 3 is 2.50 bits per heavy atom. The number of hydrogen-bond donors (Lipinski definition) is 2. The van der Waals surface area contributed by atoms with Crippen LogP contribution in [0.25, 0.3) is 0 Å². The van der Waals surface area contributed by atoms with Gasteiger partial charge in [0.1, 0.15) is 0 Å². The van der Waals surface area contributed by atoms with Crippen LogP contribution in [-0.4, -0.2) is 26.9 Å². The van der Waals surface area contributed by atoms with Crippen LogP contribution in [-0.2, 0) is 15.7 Å². The molecule has 0 spiro atoms. The van der Waals surface area contributed by atoms with Gasteiger partial charge in [0, 0.05) is 19.8 Å². The quantitative estimate of drug-likeness (QED) is 0.438. The van der Waals surface area contributed by atoms with Gasteiger partial charge in [-0.1, -0.05) is 18.2 Å². The Morgan fingerprint density at radius 1 is 1.20 bits per heavy atom. The first-order valence-corrected chi connectivity index (χ1v) is 6.19. The molecule has 0 bridgehead atoms. The van der Waals surface area contributed by atoms with Gasteiger partial charge in [0.25, 0.3) is 0 Å². The van der Waals surface area contributed by atoms with Crippen LogP contribution in [0.3, 0.4) is 0 Å². The molecule has 0 saturated heterocycles. The van der Waals surface area contributed by atoms with Gasteiger partial charge >= 0.3 is 6.18 Å². The number of alkyl halides is 3. The van der Waals surface area contributed by atoms with Crippen molar-refractivity contribution in [1.82, 2.24) is 5.43 Å². The van der Waals surface area contributed by atoms with Crippen LogP contribution in [0.2, 0.25) is 0 Å². The second-order valence-electron chi connectivity index (χ2n) is 4.20. The molecule has 3 N–H and O–H groups in total. The third-order valence-corrected chi connectivity index (χ3v) is 2.83. The van der Waals surface area contributed by atoms with Crippen LogP contribution < -0.4 is 11.3 Å². The lowest BCUT2D eigenvalue weighted by Crippen LogP contribution is -2.30. The second-order valence-corrected chi connectivity index (χ2v) is 4.20. The lowest BCUT2D eigenvalue weighted by atomic mass is 9.98. The highest BCUT2D eigenvalue weighted by Crippen LogP contribution is 2.35. The minimum absolute atomic E-state index is 0.123. The summed E-state index contributed by atoms with van der Waals surface area (Å²) in [5, 5.41) is 0. The molecule has 1 atom stereocenters. The predicted molar refractivity (Wildman–Crippen MR) is 68.8 cm³/mol. The Kier molecular flexibility index (Phi) is 6.94. The molecule has 0 fully saturated rings. The Morgan fingerprint density at radius 2 is 1.90 bits per heavy atom. The van der Waals surface area contributed by atoms with E-state index in [2.05, 4.69) is 5.43 Å². The van der Waals surface area contributed by atoms with E-state index in [1.807, 2.05) is 0 Å². The van der Waals surface area contributed by atoms with E-state index in [0.29, 0.717) is 26.2 Å². The summed E-state index contributed by atoms with van der Waals surface area (Å²) in [7, 11) is 1.55. The fourth-order valence-corrected chi connectivity index (χ4v) is 1.83.